The lowest BCUT2D eigenvalue weighted by Gasteiger charge is -2.12. The molecule has 0 radical (unpaired) electrons. The lowest BCUT2D eigenvalue weighted by molar-refractivity contribution is 0.335. The highest BCUT2D eigenvalue weighted by Gasteiger charge is 1.93. The molecule has 0 N–H and O–H groups in total. The second-order valence-electron chi connectivity index (χ2n) is 4.87. The van der Waals surface area contributed by atoms with E-state index in [9.17, 15) is 0 Å². The van der Waals surface area contributed by atoms with Crippen molar-refractivity contribution in [3.63, 3.8) is 0 Å². The second-order valence-corrected chi connectivity index (χ2v) is 4.87. The number of hydrogen-bond acceptors (Lipinski definition) is 1. The van der Waals surface area contributed by atoms with Crippen molar-refractivity contribution in [3.05, 3.63) is 35.9 Å². The molecule has 0 atom stereocenters. The molecule has 1 aromatic carbocycles. The van der Waals surface area contributed by atoms with Crippen molar-refractivity contribution in [1.82, 2.24) is 4.90 Å². The van der Waals surface area contributed by atoms with Gasteiger partial charge in [-0.3, -0.25) is 0 Å². The van der Waals surface area contributed by atoms with Crippen LogP contribution in [-0.4, -0.2) is 25.0 Å². The molecule has 0 amide bonds. The zero-order chi connectivity index (χ0) is 13.1. The normalized spacial score (nSPS) is 10.3. The fourth-order valence-corrected chi connectivity index (χ4v) is 1.71. The van der Waals surface area contributed by atoms with Crippen LogP contribution >= 0.6 is 0 Å². The second kappa shape index (κ2) is 10.3. The minimum absolute atomic E-state index is 0.659. The van der Waals surface area contributed by atoms with Gasteiger partial charge in [0, 0.05) is 0 Å². The Morgan fingerprint density at radius 3 is 1.71 bits per heavy atom. The predicted octanol–water partition coefficient (Wildman–Crippen LogP) is 4.55. The zero-order valence-electron chi connectivity index (χ0n) is 12.2. The van der Waals surface area contributed by atoms with Crippen LogP contribution in [0.5, 0.6) is 0 Å². The van der Waals surface area contributed by atoms with E-state index >= 15 is 0 Å². The molecule has 1 heteroatoms. The van der Waals surface area contributed by atoms with Crippen molar-refractivity contribution in [2.24, 2.45) is 0 Å². The van der Waals surface area contributed by atoms with Crippen LogP contribution in [0, 0.1) is 0 Å². The molecule has 0 aromatic heterocycles. The molecule has 0 bridgehead atoms. The summed E-state index contributed by atoms with van der Waals surface area (Å²) in [6.07, 6.45) is 2.55. The lowest BCUT2D eigenvalue weighted by atomic mass is 10.0. The van der Waals surface area contributed by atoms with Gasteiger partial charge in [-0.15, -0.1) is 0 Å². The lowest BCUT2D eigenvalue weighted by Crippen LogP contribution is -2.19. The third-order valence-corrected chi connectivity index (χ3v) is 2.68. The van der Waals surface area contributed by atoms with E-state index in [-0.39, 0.29) is 0 Å². The van der Waals surface area contributed by atoms with Gasteiger partial charge >= 0.3 is 0 Å². The fraction of sp³-hybridized carbons (Fsp3) is 0.625. The number of nitrogens with zero attached hydrogens (tertiary/aromatic N) is 1. The third kappa shape index (κ3) is 8.93. The fourth-order valence-electron chi connectivity index (χ4n) is 1.71. The van der Waals surface area contributed by atoms with Crippen molar-refractivity contribution in [2.75, 3.05) is 20.1 Å². The van der Waals surface area contributed by atoms with Crippen LogP contribution < -0.4 is 0 Å². The van der Waals surface area contributed by atoms with E-state index in [1.165, 1.54) is 31.5 Å². The Hall–Kier alpha value is -0.820. The molecule has 0 aliphatic heterocycles. The Morgan fingerprint density at radius 2 is 1.41 bits per heavy atom. The van der Waals surface area contributed by atoms with Crippen molar-refractivity contribution < 1.29 is 0 Å². The van der Waals surface area contributed by atoms with Crippen molar-refractivity contribution in [1.29, 1.82) is 0 Å². The summed E-state index contributed by atoms with van der Waals surface area (Å²) >= 11 is 0. The molecule has 0 spiro atoms. The average Bonchev–Trinajstić information content (AvgIpc) is 2.32. The molecule has 0 saturated heterocycles. The van der Waals surface area contributed by atoms with Gasteiger partial charge in [0.15, 0.2) is 0 Å². The van der Waals surface area contributed by atoms with E-state index in [0.29, 0.717) is 5.92 Å². The van der Waals surface area contributed by atoms with Crippen LogP contribution in [0.1, 0.15) is 52.0 Å². The average molecular weight is 235 g/mol. The molecule has 0 saturated carbocycles. The maximum Gasteiger partial charge on any atom is -0.00244 e. The van der Waals surface area contributed by atoms with Crippen molar-refractivity contribution >= 4 is 0 Å². The first kappa shape index (κ1) is 16.2. The first-order chi connectivity index (χ1) is 8.11. The van der Waals surface area contributed by atoms with E-state index < -0.39 is 0 Å². The molecule has 1 aromatic rings. The van der Waals surface area contributed by atoms with Crippen LogP contribution in [0.3, 0.4) is 0 Å². The summed E-state index contributed by atoms with van der Waals surface area (Å²) in [5, 5.41) is 0. The van der Waals surface area contributed by atoms with E-state index in [2.05, 4.69) is 63.9 Å². The SMILES string of the molecule is CC(C)c1ccccc1.CCCN(C)CCC. The summed E-state index contributed by atoms with van der Waals surface area (Å²) in [6.45, 7) is 11.3. The molecule has 0 aliphatic rings. The summed E-state index contributed by atoms with van der Waals surface area (Å²) in [4.78, 5) is 2.36. The molecule has 17 heavy (non-hydrogen) atoms. The Balaban J connectivity index is 0.000000304. The Kier molecular flexibility index (Phi) is 9.84. The summed E-state index contributed by atoms with van der Waals surface area (Å²) in [6, 6.07) is 10.5. The van der Waals surface area contributed by atoms with Crippen LogP contribution in [-0.2, 0) is 0 Å². The molecule has 0 unspecified atom stereocenters. The molecule has 98 valence electrons. The molecular weight excluding hydrogens is 206 g/mol. The summed E-state index contributed by atoms with van der Waals surface area (Å²) in [7, 11) is 2.17. The van der Waals surface area contributed by atoms with Gasteiger partial charge in [0.1, 0.15) is 0 Å². The Labute approximate surface area is 108 Å². The number of rotatable bonds is 5. The first-order valence-electron chi connectivity index (χ1n) is 6.85. The largest absolute Gasteiger partial charge is 0.306 e. The molecule has 0 fully saturated rings. The molecule has 0 heterocycles. The Bertz CT molecular complexity index is 247. The summed E-state index contributed by atoms with van der Waals surface area (Å²) < 4.78 is 0. The summed E-state index contributed by atoms with van der Waals surface area (Å²) in [5.41, 5.74) is 1.41. The van der Waals surface area contributed by atoms with E-state index in [1.807, 2.05) is 6.07 Å². The predicted molar refractivity (Wildman–Crippen MR) is 78.6 cm³/mol. The standard InChI is InChI=1S/C9H12.C7H17N/c1-8(2)9-6-4-3-5-7-9;1-4-6-8(3)7-5-2/h3-8H,1-2H3;4-7H2,1-3H3. The quantitative estimate of drug-likeness (QED) is 0.724. The molecule has 0 aliphatic carbocycles. The third-order valence-electron chi connectivity index (χ3n) is 2.68. The first-order valence-corrected chi connectivity index (χ1v) is 6.85. The topological polar surface area (TPSA) is 3.24 Å². The van der Waals surface area contributed by atoms with E-state index in [0.717, 1.165) is 0 Å². The van der Waals surface area contributed by atoms with Gasteiger partial charge in [-0.1, -0.05) is 58.0 Å². The van der Waals surface area contributed by atoms with Crippen molar-refractivity contribution in [3.8, 4) is 0 Å². The maximum absolute atomic E-state index is 2.36. The van der Waals surface area contributed by atoms with Gasteiger partial charge in [0.2, 0.25) is 0 Å². The highest BCUT2D eigenvalue weighted by Crippen LogP contribution is 2.11. The van der Waals surface area contributed by atoms with Gasteiger partial charge < -0.3 is 4.90 Å². The van der Waals surface area contributed by atoms with E-state index in [1.54, 1.807) is 0 Å². The molecule has 1 rings (SSSR count). The van der Waals surface area contributed by atoms with Gasteiger partial charge in [-0.2, -0.15) is 0 Å². The summed E-state index contributed by atoms with van der Waals surface area (Å²) in [5.74, 6) is 0.659. The molecule has 1 nitrogen and oxygen atoms in total. The van der Waals surface area contributed by atoms with Gasteiger partial charge in [0.25, 0.3) is 0 Å². The molecular formula is C16H29N. The minimum atomic E-state index is 0.659. The highest BCUT2D eigenvalue weighted by atomic mass is 15.1. The number of benzene rings is 1. The minimum Gasteiger partial charge on any atom is -0.306 e. The number of hydrogen-bond donors (Lipinski definition) is 0. The van der Waals surface area contributed by atoms with Crippen LogP contribution in [0.2, 0.25) is 0 Å². The van der Waals surface area contributed by atoms with Crippen molar-refractivity contribution in [2.45, 2.75) is 46.5 Å². The van der Waals surface area contributed by atoms with Gasteiger partial charge in [0.05, 0.1) is 0 Å². The smallest absolute Gasteiger partial charge is 0.00244 e. The van der Waals surface area contributed by atoms with Crippen LogP contribution in [0.15, 0.2) is 30.3 Å². The van der Waals surface area contributed by atoms with Crippen LogP contribution in [0.4, 0.5) is 0 Å². The van der Waals surface area contributed by atoms with Gasteiger partial charge in [-0.05, 0) is 44.5 Å². The van der Waals surface area contributed by atoms with Crippen LogP contribution in [0.25, 0.3) is 0 Å². The van der Waals surface area contributed by atoms with Gasteiger partial charge in [-0.25, -0.2) is 0 Å². The van der Waals surface area contributed by atoms with E-state index in [4.69, 9.17) is 0 Å². The Morgan fingerprint density at radius 1 is 0.941 bits per heavy atom. The monoisotopic (exact) mass is 235 g/mol. The maximum atomic E-state index is 2.36. The highest BCUT2D eigenvalue weighted by molar-refractivity contribution is 5.17. The zero-order valence-corrected chi connectivity index (χ0v) is 12.2.